The van der Waals surface area contributed by atoms with E-state index in [1.807, 2.05) is 0 Å². The van der Waals surface area contributed by atoms with Gasteiger partial charge in [0.25, 0.3) is 0 Å². The van der Waals surface area contributed by atoms with Crippen LogP contribution < -0.4 is 10.6 Å². The molecule has 1 saturated heterocycles. The number of phenols is 1. The molecule has 1 aromatic rings. The predicted octanol–water partition coefficient (Wildman–Crippen LogP) is 0.429. The average molecular weight is 285 g/mol. The number of β-amino-alcohol motifs (C(OH)–C–C–N with tert-alkyl or cyclic N) is 1. The third-order valence-corrected chi connectivity index (χ3v) is 3.52. The summed E-state index contributed by atoms with van der Waals surface area (Å²) in [6.45, 7) is 1.50. The Morgan fingerprint density at radius 3 is 2.95 bits per heavy atom. The number of carbonyl (C=O) groups is 1. The van der Waals surface area contributed by atoms with E-state index in [2.05, 4.69) is 10.6 Å². The molecule has 0 aliphatic carbocycles. The summed E-state index contributed by atoms with van der Waals surface area (Å²) in [6, 6.07) is 4.66. The van der Waals surface area contributed by atoms with Gasteiger partial charge in [-0.05, 0) is 30.7 Å². The normalized spacial score (nSPS) is 22.4. The lowest BCUT2D eigenvalue weighted by atomic mass is 10.0. The van der Waals surface area contributed by atoms with Crippen molar-refractivity contribution in [2.45, 2.75) is 18.4 Å². The van der Waals surface area contributed by atoms with Gasteiger partial charge in [0, 0.05) is 13.1 Å². The van der Waals surface area contributed by atoms with Crippen LogP contribution in [0.25, 0.3) is 0 Å². The van der Waals surface area contributed by atoms with Crippen molar-refractivity contribution < 1.29 is 15.0 Å². The van der Waals surface area contributed by atoms with Crippen molar-refractivity contribution in [1.29, 1.82) is 0 Å². The van der Waals surface area contributed by atoms with Crippen LogP contribution in [0.15, 0.2) is 18.2 Å². The van der Waals surface area contributed by atoms with Crippen LogP contribution in [-0.2, 0) is 11.2 Å². The van der Waals surface area contributed by atoms with Gasteiger partial charge in [0.15, 0.2) is 0 Å². The molecule has 0 spiro atoms. The van der Waals surface area contributed by atoms with Crippen LogP contribution in [0.4, 0.5) is 0 Å². The highest BCUT2D eigenvalue weighted by Gasteiger charge is 2.31. The highest BCUT2D eigenvalue weighted by molar-refractivity contribution is 6.32. The second-order valence-electron chi connectivity index (χ2n) is 4.89. The van der Waals surface area contributed by atoms with Crippen molar-refractivity contribution in [2.75, 3.05) is 19.6 Å². The van der Waals surface area contributed by atoms with Crippen molar-refractivity contribution in [3.8, 4) is 5.75 Å². The van der Waals surface area contributed by atoms with Gasteiger partial charge in [-0.3, -0.25) is 4.79 Å². The molecule has 4 N–H and O–H groups in total. The Morgan fingerprint density at radius 2 is 2.32 bits per heavy atom. The topological polar surface area (TPSA) is 81.6 Å². The lowest BCUT2D eigenvalue weighted by Gasteiger charge is -2.21. The number of phenolic OH excluding ortho intramolecular Hbond substituents is 1. The Kier molecular flexibility index (Phi) is 4.29. The second kappa shape index (κ2) is 5.77. The van der Waals surface area contributed by atoms with Gasteiger partial charge in [-0.2, -0.15) is 0 Å². The van der Waals surface area contributed by atoms with E-state index in [4.69, 9.17) is 11.6 Å². The highest BCUT2D eigenvalue weighted by atomic mass is 35.5. The van der Waals surface area contributed by atoms with Crippen molar-refractivity contribution in [3.63, 3.8) is 0 Å². The Labute approximate surface area is 116 Å². The first-order valence-corrected chi connectivity index (χ1v) is 6.53. The third-order valence-electron chi connectivity index (χ3n) is 3.21. The molecule has 1 amide bonds. The van der Waals surface area contributed by atoms with Crippen LogP contribution in [0.1, 0.15) is 12.0 Å². The quantitative estimate of drug-likeness (QED) is 0.646. The SMILES string of the molecule is O=C(Cc1ccc(O)c(Cl)c1)NC[C@@]1(O)CCNC1. The molecule has 1 heterocycles. The number of benzene rings is 1. The molecule has 6 heteroatoms. The first-order valence-electron chi connectivity index (χ1n) is 6.16. The van der Waals surface area contributed by atoms with Crippen molar-refractivity contribution in [3.05, 3.63) is 28.8 Å². The van der Waals surface area contributed by atoms with Crippen molar-refractivity contribution in [2.24, 2.45) is 0 Å². The number of nitrogens with one attached hydrogen (secondary N) is 2. The van der Waals surface area contributed by atoms with Gasteiger partial charge >= 0.3 is 0 Å². The van der Waals surface area contributed by atoms with Crippen LogP contribution in [0.5, 0.6) is 5.75 Å². The average Bonchev–Trinajstić information content (AvgIpc) is 2.79. The van der Waals surface area contributed by atoms with Gasteiger partial charge in [0.2, 0.25) is 5.91 Å². The fourth-order valence-corrected chi connectivity index (χ4v) is 2.26. The lowest BCUT2D eigenvalue weighted by Crippen LogP contribution is -2.44. The molecule has 2 rings (SSSR count). The van der Waals surface area contributed by atoms with E-state index >= 15 is 0 Å². The van der Waals surface area contributed by atoms with Gasteiger partial charge in [-0.25, -0.2) is 0 Å². The summed E-state index contributed by atoms with van der Waals surface area (Å²) < 4.78 is 0. The van der Waals surface area contributed by atoms with Gasteiger partial charge in [0.05, 0.1) is 17.0 Å². The monoisotopic (exact) mass is 284 g/mol. The van der Waals surface area contributed by atoms with E-state index in [0.717, 1.165) is 12.1 Å². The molecule has 1 fully saturated rings. The van der Waals surface area contributed by atoms with Crippen LogP contribution in [0, 0.1) is 0 Å². The van der Waals surface area contributed by atoms with Crippen LogP contribution in [0.2, 0.25) is 5.02 Å². The molecule has 1 atom stereocenters. The van der Waals surface area contributed by atoms with Gasteiger partial charge in [-0.1, -0.05) is 17.7 Å². The zero-order valence-corrected chi connectivity index (χ0v) is 11.2. The summed E-state index contributed by atoms with van der Waals surface area (Å²) in [4.78, 5) is 11.8. The smallest absolute Gasteiger partial charge is 0.224 e. The minimum Gasteiger partial charge on any atom is -0.506 e. The number of rotatable bonds is 4. The maximum atomic E-state index is 11.8. The van der Waals surface area contributed by atoms with Crippen molar-refractivity contribution in [1.82, 2.24) is 10.6 Å². The summed E-state index contributed by atoms with van der Waals surface area (Å²) >= 11 is 5.77. The minimum atomic E-state index is -0.845. The van der Waals surface area contributed by atoms with E-state index < -0.39 is 5.60 Å². The number of carbonyl (C=O) groups excluding carboxylic acids is 1. The molecule has 0 aromatic heterocycles. The van der Waals surface area contributed by atoms with Crippen LogP contribution in [0.3, 0.4) is 0 Å². The molecular weight excluding hydrogens is 268 g/mol. The van der Waals surface area contributed by atoms with Gasteiger partial charge in [0.1, 0.15) is 5.75 Å². The number of aliphatic hydroxyl groups is 1. The summed E-state index contributed by atoms with van der Waals surface area (Å²) in [7, 11) is 0. The standard InChI is InChI=1S/C13H17ClN2O3/c14-10-5-9(1-2-11(10)17)6-12(18)16-8-13(19)3-4-15-7-13/h1-2,5,15,17,19H,3-4,6-8H2,(H,16,18)/t13-/m1/s1. The minimum absolute atomic E-state index is 0.00262. The van der Waals surface area contributed by atoms with E-state index in [-0.39, 0.29) is 29.6 Å². The summed E-state index contributed by atoms with van der Waals surface area (Å²) in [6.07, 6.45) is 0.807. The molecule has 0 radical (unpaired) electrons. The summed E-state index contributed by atoms with van der Waals surface area (Å²) in [5.41, 5.74) is -0.126. The molecule has 1 aliphatic rings. The molecule has 0 saturated carbocycles. The zero-order valence-electron chi connectivity index (χ0n) is 10.4. The molecule has 1 aromatic carbocycles. The Bertz CT molecular complexity index is 473. The Morgan fingerprint density at radius 1 is 1.53 bits per heavy atom. The molecular formula is C13H17ClN2O3. The Hall–Kier alpha value is -1.30. The number of hydrogen-bond acceptors (Lipinski definition) is 4. The Balaban J connectivity index is 1.85. The predicted molar refractivity (Wildman–Crippen MR) is 72.3 cm³/mol. The molecule has 5 nitrogen and oxygen atoms in total. The maximum absolute atomic E-state index is 11.8. The molecule has 0 bridgehead atoms. The van der Waals surface area contributed by atoms with Crippen molar-refractivity contribution >= 4 is 17.5 Å². The fraction of sp³-hybridized carbons (Fsp3) is 0.462. The highest BCUT2D eigenvalue weighted by Crippen LogP contribution is 2.23. The van der Waals surface area contributed by atoms with E-state index in [1.54, 1.807) is 12.1 Å². The zero-order chi connectivity index (χ0) is 13.9. The molecule has 19 heavy (non-hydrogen) atoms. The van der Waals surface area contributed by atoms with E-state index in [9.17, 15) is 15.0 Å². The molecule has 0 unspecified atom stereocenters. The number of hydrogen-bond donors (Lipinski definition) is 4. The number of aromatic hydroxyl groups is 1. The van der Waals surface area contributed by atoms with Gasteiger partial charge < -0.3 is 20.8 Å². The largest absolute Gasteiger partial charge is 0.506 e. The van der Waals surface area contributed by atoms with E-state index in [1.165, 1.54) is 6.07 Å². The second-order valence-corrected chi connectivity index (χ2v) is 5.30. The maximum Gasteiger partial charge on any atom is 0.224 e. The number of amides is 1. The lowest BCUT2D eigenvalue weighted by molar-refractivity contribution is -0.121. The van der Waals surface area contributed by atoms with Crippen LogP contribution in [-0.4, -0.2) is 41.4 Å². The van der Waals surface area contributed by atoms with Gasteiger partial charge in [-0.15, -0.1) is 0 Å². The number of halogens is 1. The van der Waals surface area contributed by atoms with Crippen LogP contribution >= 0.6 is 11.6 Å². The third kappa shape index (κ3) is 3.83. The van der Waals surface area contributed by atoms with E-state index in [0.29, 0.717) is 13.0 Å². The first kappa shape index (κ1) is 14.1. The first-order chi connectivity index (χ1) is 8.98. The molecule has 1 aliphatic heterocycles. The summed E-state index contributed by atoms with van der Waals surface area (Å²) in [5.74, 6) is -0.181. The summed E-state index contributed by atoms with van der Waals surface area (Å²) in [5, 5.41) is 25.3. The molecule has 104 valence electrons. The fourth-order valence-electron chi connectivity index (χ4n) is 2.05.